The highest BCUT2D eigenvalue weighted by Gasteiger charge is 2.17. The van der Waals surface area contributed by atoms with Crippen LogP contribution in [0.3, 0.4) is 0 Å². The van der Waals surface area contributed by atoms with Crippen LogP contribution in [0.4, 0.5) is 0 Å². The van der Waals surface area contributed by atoms with Crippen LogP contribution in [0.2, 0.25) is 0 Å². The van der Waals surface area contributed by atoms with Crippen LogP contribution in [-0.2, 0) is 33.0 Å². The van der Waals surface area contributed by atoms with E-state index in [0.717, 1.165) is 25.2 Å². The van der Waals surface area contributed by atoms with Crippen molar-refractivity contribution in [2.75, 3.05) is 7.05 Å². The molecule has 0 fully saturated rings. The molecule has 21 heavy (non-hydrogen) atoms. The van der Waals surface area contributed by atoms with Crippen LogP contribution in [0.5, 0.6) is 0 Å². The van der Waals surface area contributed by atoms with E-state index < -0.39 is 0 Å². The normalized spacial score (nSPS) is 15.2. The number of aryl methyl sites for hydroxylation is 3. The van der Waals surface area contributed by atoms with Gasteiger partial charge in [0.15, 0.2) is 0 Å². The molecule has 0 saturated heterocycles. The minimum Gasteiger partial charge on any atom is -0.295 e. The third-order valence-corrected chi connectivity index (χ3v) is 4.41. The smallest absolute Gasteiger partial charge is 0.0797 e. The fraction of sp³-hybridized carbons (Fsp3) is 0.625. The SMILES string of the molecule is Cc1cc(CN(C)Cc2n[nH]c3c2CCCCC3)nn1C. The van der Waals surface area contributed by atoms with Gasteiger partial charge in [-0.1, -0.05) is 6.42 Å². The summed E-state index contributed by atoms with van der Waals surface area (Å²) in [5, 5.41) is 12.3. The number of nitrogens with zero attached hydrogens (tertiary/aromatic N) is 4. The van der Waals surface area contributed by atoms with Crippen LogP contribution in [0, 0.1) is 6.92 Å². The van der Waals surface area contributed by atoms with E-state index in [1.165, 1.54) is 48.3 Å². The van der Waals surface area contributed by atoms with Crippen LogP contribution in [0.1, 0.15) is 47.6 Å². The fourth-order valence-corrected chi connectivity index (χ4v) is 3.16. The molecule has 0 amide bonds. The predicted octanol–water partition coefficient (Wildman–Crippen LogP) is 2.35. The summed E-state index contributed by atoms with van der Waals surface area (Å²) in [5.74, 6) is 0. The number of rotatable bonds is 4. The van der Waals surface area contributed by atoms with Crippen molar-refractivity contribution in [1.82, 2.24) is 24.9 Å². The Morgan fingerprint density at radius 3 is 2.81 bits per heavy atom. The Morgan fingerprint density at radius 2 is 2.05 bits per heavy atom. The minimum atomic E-state index is 0.864. The third-order valence-electron chi connectivity index (χ3n) is 4.41. The Balaban J connectivity index is 1.67. The number of H-pyrrole nitrogens is 1. The number of hydrogen-bond acceptors (Lipinski definition) is 3. The largest absolute Gasteiger partial charge is 0.295 e. The molecule has 2 aromatic heterocycles. The summed E-state index contributed by atoms with van der Waals surface area (Å²) in [6.07, 6.45) is 6.26. The molecule has 1 N–H and O–H groups in total. The minimum absolute atomic E-state index is 0.864. The van der Waals surface area contributed by atoms with Gasteiger partial charge < -0.3 is 0 Å². The van der Waals surface area contributed by atoms with Crippen molar-refractivity contribution >= 4 is 0 Å². The van der Waals surface area contributed by atoms with Gasteiger partial charge in [-0.05, 0) is 51.3 Å². The second kappa shape index (κ2) is 6.02. The van der Waals surface area contributed by atoms with Gasteiger partial charge in [0.05, 0.1) is 11.4 Å². The molecule has 0 unspecified atom stereocenters. The molecule has 0 spiro atoms. The molecule has 0 radical (unpaired) electrons. The summed E-state index contributed by atoms with van der Waals surface area (Å²) in [7, 11) is 4.13. The van der Waals surface area contributed by atoms with Gasteiger partial charge in [-0.3, -0.25) is 14.7 Å². The van der Waals surface area contributed by atoms with Crippen LogP contribution < -0.4 is 0 Å². The van der Waals surface area contributed by atoms with Gasteiger partial charge in [0.1, 0.15) is 0 Å². The molecule has 2 heterocycles. The molecule has 1 aliphatic rings. The van der Waals surface area contributed by atoms with Gasteiger partial charge in [0, 0.05) is 31.5 Å². The molecule has 2 aromatic rings. The van der Waals surface area contributed by atoms with Crippen LogP contribution >= 0.6 is 0 Å². The Labute approximate surface area is 126 Å². The molecule has 0 atom stereocenters. The summed E-state index contributed by atoms with van der Waals surface area (Å²) in [6, 6.07) is 2.15. The predicted molar refractivity (Wildman–Crippen MR) is 83.0 cm³/mol. The van der Waals surface area contributed by atoms with Crippen LogP contribution in [0.15, 0.2) is 6.07 Å². The average Bonchev–Trinajstić information content (AvgIpc) is 2.84. The van der Waals surface area contributed by atoms with E-state index >= 15 is 0 Å². The fourth-order valence-electron chi connectivity index (χ4n) is 3.16. The van der Waals surface area contributed by atoms with Crippen LogP contribution in [-0.4, -0.2) is 31.9 Å². The molecule has 0 saturated carbocycles. The molecule has 0 aliphatic heterocycles. The molecular weight excluding hydrogens is 262 g/mol. The summed E-state index contributed by atoms with van der Waals surface area (Å²) < 4.78 is 1.93. The Bertz CT molecular complexity index is 591. The molecule has 114 valence electrons. The van der Waals surface area contributed by atoms with Crippen molar-refractivity contribution in [3.63, 3.8) is 0 Å². The quantitative estimate of drug-likeness (QED) is 0.878. The summed E-state index contributed by atoms with van der Waals surface area (Å²) in [6.45, 7) is 3.84. The molecule has 1 aliphatic carbocycles. The molecule has 0 aromatic carbocycles. The van der Waals surface area contributed by atoms with Crippen molar-refractivity contribution in [2.24, 2.45) is 7.05 Å². The van der Waals surface area contributed by atoms with Gasteiger partial charge in [-0.2, -0.15) is 10.2 Å². The molecule has 3 rings (SSSR count). The molecule has 5 nitrogen and oxygen atoms in total. The van der Waals surface area contributed by atoms with Gasteiger partial charge in [-0.15, -0.1) is 0 Å². The highest BCUT2D eigenvalue weighted by Crippen LogP contribution is 2.22. The number of aromatic nitrogens is 4. The van der Waals surface area contributed by atoms with Crippen molar-refractivity contribution in [3.05, 3.63) is 34.4 Å². The highest BCUT2D eigenvalue weighted by molar-refractivity contribution is 5.26. The van der Waals surface area contributed by atoms with Gasteiger partial charge >= 0.3 is 0 Å². The van der Waals surface area contributed by atoms with E-state index in [-0.39, 0.29) is 0 Å². The summed E-state index contributed by atoms with van der Waals surface area (Å²) in [5.41, 5.74) is 6.38. The second-order valence-electron chi connectivity index (χ2n) is 6.26. The molecule has 0 bridgehead atoms. The number of fused-ring (bicyclic) bond motifs is 1. The first-order chi connectivity index (χ1) is 10.1. The van der Waals surface area contributed by atoms with E-state index in [1.54, 1.807) is 0 Å². The van der Waals surface area contributed by atoms with Crippen molar-refractivity contribution in [1.29, 1.82) is 0 Å². The Kier molecular flexibility index (Phi) is 4.10. The maximum atomic E-state index is 4.55. The third kappa shape index (κ3) is 3.18. The van der Waals surface area contributed by atoms with E-state index in [4.69, 9.17) is 0 Å². The zero-order chi connectivity index (χ0) is 14.8. The highest BCUT2D eigenvalue weighted by atomic mass is 15.3. The standard InChI is InChI=1S/C16H25N5/c1-12-9-13(19-21(12)3)10-20(2)11-16-14-7-5-4-6-8-15(14)17-18-16/h9H,4-8,10-11H2,1-3H3,(H,17,18). The van der Waals surface area contributed by atoms with Gasteiger partial charge in [-0.25, -0.2) is 0 Å². The van der Waals surface area contributed by atoms with E-state index in [0.29, 0.717) is 0 Å². The number of nitrogens with one attached hydrogen (secondary N) is 1. The number of aromatic amines is 1. The summed E-state index contributed by atoms with van der Waals surface area (Å²) >= 11 is 0. The lowest BCUT2D eigenvalue weighted by atomic mass is 10.1. The average molecular weight is 287 g/mol. The van der Waals surface area contributed by atoms with Gasteiger partial charge in [0.25, 0.3) is 0 Å². The van der Waals surface area contributed by atoms with Crippen molar-refractivity contribution in [3.8, 4) is 0 Å². The second-order valence-corrected chi connectivity index (χ2v) is 6.26. The first-order valence-corrected chi connectivity index (χ1v) is 7.86. The first-order valence-electron chi connectivity index (χ1n) is 7.86. The van der Waals surface area contributed by atoms with E-state index in [2.05, 4.69) is 40.2 Å². The summed E-state index contributed by atoms with van der Waals surface area (Å²) in [4.78, 5) is 2.29. The van der Waals surface area contributed by atoms with Gasteiger partial charge in [0.2, 0.25) is 0 Å². The topological polar surface area (TPSA) is 49.7 Å². The lowest BCUT2D eigenvalue weighted by Gasteiger charge is -2.14. The maximum absolute atomic E-state index is 4.55. The van der Waals surface area contributed by atoms with E-state index in [9.17, 15) is 0 Å². The lowest BCUT2D eigenvalue weighted by molar-refractivity contribution is 0.309. The zero-order valence-corrected chi connectivity index (χ0v) is 13.3. The van der Waals surface area contributed by atoms with Crippen LogP contribution in [0.25, 0.3) is 0 Å². The zero-order valence-electron chi connectivity index (χ0n) is 13.3. The Morgan fingerprint density at radius 1 is 1.24 bits per heavy atom. The van der Waals surface area contributed by atoms with E-state index in [1.807, 2.05) is 11.7 Å². The van der Waals surface area contributed by atoms with Crippen molar-refractivity contribution in [2.45, 2.75) is 52.1 Å². The number of hydrogen-bond donors (Lipinski definition) is 1. The lowest BCUT2D eigenvalue weighted by Crippen LogP contribution is -2.18. The monoisotopic (exact) mass is 287 g/mol. The first kappa shape index (κ1) is 14.3. The molecular formula is C16H25N5. The molecule has 5 heteroatoms. The Hall–Kier alpha value is -1.62. The maximum Gasteiger partial charge on any atom is 0.0797 e. The van der Waals surface area contributed by atoms with Crippen molar-refractivity contribution < 1.29 is 0 Å².